The van der Waals surface area contributed by atoms with Gasteiger partial charge < -0.3 is 5.11 Å². The number of fused-ring (bicyclic) bond motifs is 5. The van der Waals surface area contributed by atoms with Crippen molar-refractivity contribution in [3.63, 3.8) is 0 Å². The highest BCUT2D eigenvalue weighted by Gasteiger charge is 2.42. The molecule has 0 fully saturated rings. The molecule has 0 heterocycles. The van der Waals surface area contributed by atoms with Gasteiger partial charge in [0, 0.05) is 30.7 Å². The van der Waals surface area contributed by atoms with Crippen LogP contribution in [0.2, 0.25) is 5.02 Å². The standard InChI is InChI=1S/C31H19Br2ClO/c32-20-11-15-26-24-6-1-2-7-25(24)27-16-12-21(33)18-30(27)31(35,29(26)17-20)28-8-4-3-5-23(28)19-9-13-22(34)14-10-19/h1-18,35H. The lowest BCUT2D eigenvalue weighted by molar-refractivity contribution is 0.127. The SMILES string of the molecule is OC1(c2ccccc2-c2ccc(Cl)cc2)c2cc(Br)ccc2-c2ccccc2-c2ccc(Br)cc21. The second-order valence-electron chi connectivity index (χ2n) is 8.69. The molecule has 6 rings (SSSR count). The van der Waals surface area contributed by atoms with E-state index in [1.54, 1.807) is 0 Å². The van der Waals surface area contributed by atoms with Crippen LogP contribution in [0, 0.1) is 0 Å². The lowest BCUT2D eigenvalue weighted by atomic mass is 9.75. The van der Waals surface area contributed by atoms with E-state index in [0.717, 1.165) is 59.0 Å². The zero-order valence-electron chi connectivity index (χ0n) is 18.5. The van der Waals surface area contributed by atoms with Gasteiger partial charge in [-0.2, -0.15) is 0 Å². The highest BCUT2D eigenvalue weighted by molar-refractivity contribution is 9.10. The molecule has 0 radical (unpaired) electrons. The summed E-state index contributed by atoms with van der Waals surface area (Å²) in [5.74, 6) is 0. The molecule has 5 aromatic carbocycles. The normalized spacial score (nSPS) is 13.4. The van der Waals surface area contributed by atoms with Crippen molar-refractivity contribution >= 4 is 43.5 Å². The Balaban J connectivity index is 1.78. The second kappa shape index (κ2) is 8.76. The number of aliphatic hydroxyl groups is 1. The van der Waals surface area contributed by atoms with Crippen molar-refractivity contribution in [2.24, 2.45) is 0 Å². The third-order valence-electron chi connectivity index (χ3n) is 6.72. The Labute approximate surface area is 226 Å². The minimum Gasteiger partial charge on any atom is -0.376 e. The Morgan fingerprint density at radius 2 is 1.00 bits per heavy atom. The monoisotopic (exact) mass is 600 g/mol. The molecule has 1 aliphatic rings. The predicted octanol–water partition coefficient (Wildman–Crippen LogP) is 9.46. The molecule has 170 valence electrons. The number of hydrogen-bond donors (Lipinski definition) is 1. The first-order chi connectivity index (χ1) is 17.0. The van der Waals surface area contributed by atoms with Crippen LogP contribution < -0.4 is 0 Å². The fourth-order valence-electron chi connectivity index (χ4n) is 5.17. The van der Waals surface area contributed by atoms with E-state index in [2.05, 4.69) is 74.3 Å². The van der Waals surface area contributed by atoms with Crippen molar-refractivity contribution in [1.82, 2.24) is 0 Å². The third-order valence-corrected chi connectivity index (χ3v) is 7.96. The minimum absolute atomic E-state index is 0.679. The van der Waals surface area contributed by atoms with E-state index < -0.39 is 5.60 Å². The number of hydrogen-bond acceptors (Lipinski definition) is 1. The predicted molar refractivity (Wildman–Crippen MR) is 152 cm³/mol. The van der Waals surface area contributed by atoms with Crippen LogP contribution in [0.5, 0.6) is 0 Å². The van der Waals surface area contributed by atoms with Gasteiger partial charge in [-0.1, -0.05) is 116 Å². The Morgan fingerprint density at radius 1 is 0.514 bits per heavy atom. The van der Waals surface area contributed by atoms with Gasteiger partial charge in [0.15, 0.2) is 0 Å². The van der Waals surface area contributed by atoms with Crippen LogP contribution in [0.25, 0.3) is 33.4 Å². The molecule has 0 aromatic heterocycles. The molecule has 0 atom stereocenters. The van der Waals surface area contributed by atoms with E-state index in [1.807, 2.05) is 66.7 Å². The van der Waals surface area contributed by atoms with Crippen LogP contribution in [-0.2, 0) is 5.60 Å². The van der Waals surface area contributed by atoms with Crippen molar-refractivity contribution in [3.05, 3.63) is 140 Å². The Bertz CT molecular complexity index is 1520. The number of benzene rings is 5. The van der Waals surface area contributed by atoms with Gasteiger partial charge in [0.2, 0.25) is 0 Å². The maximum atomic E-state index is 13.1. The van der Waals surface area contributed by atoms with Crippen molar-refractivity contribution in [3.8, 4) is 33.4 Å². The van der Waals surface area contributed by atoms with Crippen molar-refractivity contribution in [1.29, 1.82) is 0 Å². The zero-order chi connectivity index (χ0) is 24.2. The van der Waals surface area contributed by atoms with Gasteiger partial charge in [-0.15, -0.1) is 0 Å². The average Bonchev–Trinajstić information content (AvgIpc) is 2.97. The van der Waals surface area contributed by atoms with E-state index >= 15 is 0 Å². The highest BCUT2D eigenvalue weighted by atomic mass is 79.9. The molecule has 1 aliphatic carbocycles. The summed E-state index contributed by atoms with van der Waals surface area (Å²) in [6, 6.07) is 36.5. The summed E-state index contributed by atoms with van der Waals surface area (Å²) in [5.41, 5.74) is 7.20. The average molecular weight is 603 g/mol. The molecule has 0 aliphatic heterocycles. The van der Waals surface area contributed by atoms with Gasteiger partial charge in [0.1, 0.15) is 5.60 Å². The molecule has 0 spiro atoms. The summed E-state index contributed by atoms with van der Waals surface area (Å²) in [5, 5.41) is 13.8. The maximum absolute atomic E-state index is 13.1. The molecule has 5 aromatic rings. The molecule has 35 heavy (non-hydrogen) atoms. The molecule has 0 bridgehead atoms. The first kappa shape index (κ1) is 22.8. The van der Waals surface area contributed by atoms with Crippen molar-refractivity contribution in [2.75, 3.05) is 0 Å². The fourth-order valence-corrected chi connectivity index (χ4v) is 6.02. The van der Waals surface area contributed by atoms with Gasteiger partial charge in [0.05, 0.1) is 0 Å². The van der Waals surface area contributed by atoms with E-state index in [9.17, 15) is 5.11 Å². The van der Waals surface area contributed by atoms with Gasteiger partial charge >= 0.3 is 0 Å². The first-order valence-electron chi connectivity index (χ1n) is 11.2. The summed E-state index contributed by atoms with van der Waals surface area (Å²) in [6.45, 7) is 0. The molecular weight excluding hydrogens is 584 g/mol. The molecule has 1 N–H and O–H groups in total. The number of halogens is 3. The lowest BCUT2D eigenvalue weighted by Crippen LogP contribution is -2.30. The molecule has 0 saturated carbocycles. The van der Waals surface area contributed by atoms with E-state index in [-0.39, 0.29) is 0 Å². The summed E-state index contributed by atoms with van der Waals surface area (Å²) in [4.78, 5) is 0. The first-order valence-corrected chi connectivity index (χ1v) is 13.2. The topological polar surface area (TPSA) is 20.2 Å². The van der Waals surface area contributed by atoms with E-state index in [1.165, 1.54) is 0 Å². The quantitative estimate of drug-likeness (QED) is 0.213. The maximum Gasteiger partial charge on any atom is 0.142 e. The Morgan fingerprint density at radius 3 is 1.54 bits per heavy atom. The largest absolute Gasteiger partial charge is 0.376 e. The van der Waals surface area contributed by atoms with Crippen LogP contribution in [0.4, 0.5) is 0 Å². The summed E-state index contributed by atoms with van der Waals surface area (Å²) in [6.07, 6.45) is 0. The fraction of sp³-hybridized carbons (Fsp3) is 0.0323. The summed E-state index contributed by atoms with van der Waals surface area (Å²) < 4.78 is 1.82. The molecule has 0 saturated heterocycles. The van der Waals surface area contributed by atoms with Gasteiger partial charge in [-0.25, -0.2) is 0 Å². The summed E-state index contributed by atoms with van der Waals surface area (Å²) in [7, 11) is 0. The van der Waals surface area contributed by atoms with Crippen LogP contribution in [0.3, 0.4) is 0 Å². The Kier molecular flexibility index (Phi) is 5.69. The van der Waals surface area contributed by atoms with E-state index in [4.69, 9.17) is 11.6 Å². The highest BCUT2D eigenvalue weighted by Crippen LogP contribution is 2.53. The molecule has 4 heteroatoms. The zero-order valence-corrected chi connectivity index (χ0v) is 22.4. The van der Waals surface area contributed by atoms with Crippen molar-refractivity contribution in [2.45, 2.75) is 5.60 Å². The van der Waals surface area contributed by atoms with Crippen LogP contribution >= 0.6 is 43.5 Å². The molecule has 1 nitrogen and oxygen atoms in total. The summed E-state index contributed by atoms with van der Waals surface area (Å²) >= 11 is 13.5. The van der Waals surface area contributed by atoms with Crippen LogP contribution in [-0.4, -0.2) is 5.11 Å². The van der Waals surface area contributed by atoms with Gasteiger partial charge in [-0.3, -0.25) is 0 Å². The molecule has 0 unspecified atom stereocenters. The minimum atomic E-state index is -1.42. The Hall–Kier alpha value is -2.69. The van der Waals surface area contributed by atoms with Crippen LogP contribution in [0.1, 0.15) is 16.7 Å². The second-order valence-corrected chi connectivity index (χ2v) is 11.0. The van der Waals surface area contributed by atoms with E-state index in [0.29, 0.717) is 5.02 Å². The number of rotatable bonds is 2. The van der Waals surface area contributed by atoms with Crippen molar-refractivity contribution < 1.29 is 5.11 Å². The lowest BCUT2D eigenvalue weighted by Gasteiger charge is -2.34. The van der Waals surface area contributed by atoms with Gasteiger partial charge in [-0.05, 0) is 69.8 Å². The smallest absolute Gasteiger partial charge is 0.142 e. The van der Waals surface area contributed by atoms with Gasteiger partial charge in [0.25, 0.3) is 0 Å². The molecular formula is C31H19Br2ClO. The molecule has 0 amide bonds. The third kappa shape index (κ3) is 3.70. The van der Waals surface area contributed by atoms with Crippen LogP contribution in [0.15, 0.2) is 118 Å².